The summed E-state index contributed by atoms with van der Waals surface area (Å²) in [4.78, 5) is 45.7. The molecular formula is C33H30N2O8S. The number of thiazole rings is 1. The highest BCUT2D eigenvalue weighted by Gasteiger charge is 2.49. The summed E-state index contributed by atoms with van der Waals surface area (Å²) >= 11 is 0.922. The zero-order valence-electron chi connectivity index (χ0n) is 24.5. The molecule has 1 aliphatic rings. The number of aryl methyl sites for hydroxylation is 1. The van der Waals surface area contributed by atoms with E-state index >= 15 is 0 Å². The maximum absolute atomic E-state index is 13.7. The Kier molecular flexibility index (Phi) is 8.96. The largest absolute Gasteiger partial charge is 0.507 e. The van der Waals surface area contributed by atoms with Crippen molar-refractivity contribution in [2.45, 2.75) is 26.5 Å². The predicted molar refractivity (Wildman–Crippen MR) is 164 cm³/mol. The molecule has 1 aliphatic heterocycles. The van der Waals surface area contributed by atoms with Crippen molar-refractivity contribution in [3.8, 4) is 17.2 Å². The lowest BCUT2D eigenvalue weighted by atomic mass is 9.94. The minimum atomic E-state index is -1.16. The Morgan fingerprint density at radius 2 is 1.68 bits per heavy atom. The van der Waals surface area contributed by atoms with Gasteiger partial charge in [0.15, 0.2) is 5.13 Å². The highest BCUT2D eigenvalue weighted by molar-refractivity contribution is 7.17. The van der Waals surface area contributed by atoms with Gasteiger partial charge in [-0.3, -0.25) is 14.5 Å². The molecule has 3 aromatic carbocycles. The topological polar surface area (TPSA) is 124 Å². The van der Waals surface area contributed by atoms with E-state index in [9.17, 15) is 19.5 Å². The normalized spacial score (nSPS) is 15.7. The second-order valence-corrected chi connectivity index (χ2v) is 10.7. The Hall–Kier alpha value is -5.16. The monoisotopic (exact) mass is 614 g/mol. The van der Waals surface area contributed by atoms with Gasteiger partial charge in [-0.05, 0) is 61.9 Å². The van der Waals surface area contributed by atoms with Crippen LogP contribution in [0, 0.1) is 6.92 Å². The van der Waals surface area contributed by atoms with Gasteiger partial charge in [0.05, 0.1) is 32.1 Å². The number of Topliss-reactive ketones (excluding diaryl/α,β-unsaturated/α-hetero) is 1. The molecule has 4 aromatic rings. The van der Waals surface area contributed by atoms with Gasteiger partial charge in [0.2, 0.25) is 0 Å². The van der Waals surface area contributed by atoms with Gasteiger partial charge in [-0.15, -0.1) is 0 Å². The number of benzene rings is 3. The number of carbonyl (C=O) groups excluding carboxylic acids is 3. The maximum Gasteiger partial charge on any atom is 0.350 e. The Morgan fingerprint density at radius 1 is 0.977 bits per heavy atom. The molecule has 44 heavy (non-hydrogen) atoms. The van der Waals surface area contributed by atoms with Gasteiger partial charge in [-0.2, -0.15) is 0 Å². The van der Waals surface area contributed by atoms with E-state index in [0.29, 0.717) is 40.7 Å². The molecule has 2 heterocycles. The smallest absolute Gasteiger partial charge is 0.350 e. The number of esters is 1. The quantitative estimate of drug-likeness (QED) is 0.101. The lowest BCUT2D eigenvalue weighted by Crippen LogP contribution is -2.29. The van der Waals surface area contributed by atoms with Crippen LogP contribution in [0.15, 0.2) is 78.4 Å². The molecule has 0 radical (unpaired) electrons. The number of aliphatic hydroxyl groups is 1. The number of hydrogen-bond acceptors (Lipinski definition) is 10. The van der Waals surface area contributed by atoms with E-state index in [0.717, 1.165) is 16.9 Å². The molecule has 11 heteroatoms. The van der Waals surface area contributed by atoms with Crippen molar-refractivity contribution < 1.29 is 38.4 Å². The van der Waals surface area contributed by atoms with Crippen LogP contribution in [-0.2, 0) is 20.9 Å². The summed E-state index contributed by atoms with van der Waals surface area (Å²) in [5.41, 5.74) is 1.83. The standard InChI is InChI=1S/C33H30N2O8S/c1-5-42-32(39)30-19(2)34-33(44-30)35-27(24-17-23(40-3)15-16-25(24)41-4)26(29(37)31(35)38)28(36)21-11-13-22(14-12-21)43-18-20-9-7-6-8-10-20/h6-17,27,36H,5,18H2,1-4H3/b28-26+. The van der Waals surface area contributed by atoms with Crippen molar-refractivity contribution in [1.82, 2.24) is 4.98 Å². The molecule has 0 saturated carbocycles. The van der Waals surface area contributed by atoms with Crippen LogP contribution in [0.2, 0.25) is 0 Å². The summed E-state index contributed by atoms with van der Waals surface area (Å²) < 4.78 is 22.0. The number of hydrogen-bond donors (Lipinski definition) is 1. The van der Waals surface area contributed by atoms with Crippen molar-refractivity contribution in [3.05, 3.63) is 106 Å². The van der Waals surface area contributed by atoms with Crippen LogP contribution in [0.1, 0.15) is 45.0 Å². The van der Waals surface area contributed by atoms with Crippen LogP contribution in [0.4, 0.5) is 5.13 Å². The molecule has 10 nitrogen and oxygen atoms in total. The number of anilines is 1. The maximum atomic E-state index is 13.7. The fourth-order valence-electron chi connectivity index (χ4n) is 4.85. The van der Waals surface area contributed by atoms with E-state index in [4.69, 9.17) is 18.9 Å². The zero-order chi connectivity index (χ0) is 31.4. The number of aromatic nitrogens is 1. The van der Waals surface area contributed by atoms with Crippen molar-refractivity contribution in [2.75, 3.05) is 25.7 Å². The molecule has 1 fully saturated rings. The van der Waals surface area contributed by atoms with Gasteiger partial charge < -0.3 is 24.1 Å². The molecule has 226 valence electrons. The number of amides is 1. The number of ether oxygens (including phenoxy) is 4. The second-order valence-electron chi connectivity index (χ2n) is 9.71. The minimum Gasteiger partial charge on any atom is -0.507 e. The molecule has 1 N–H and O–H groups in total. The van der Waals surface area contributed by atoms with E-state index < -0.39 is 29.5 Å². The summed E-state index contributed by atoms with van der Waals surface area (Å²) in [5, 5.41) is 11.7. The second kappa shape index (κ2) is 13.0. The van der Waals surface area contributed by atoms with Crippen LogP contribution < -0.4 is 19.1 Å². The first kappa shape index (κ1) is 30.3. The first-order valence-electron chi connectivity index (χ1n) is 13.7. The summed E-state index contributed by atoms with van der Waals surface area (Å²) in [5.74, 6) is -1.49. The van der Waals surface area contributed by atoms with Crippen molar-refractivity contribution in [3.63, 3.8) is 0 Å². The summed E-state index contributed by atoms with van der Waals surface area (Å²) in [6.07, 6.45) is 0. The summed E-state index contributed by atoms with van der Waals surface area (Å²) in [6.45, 7) is 3.82. The van der Waals surface area contributed by atoms with Crippen molar-refractivity contribution in [2.24, 2.45) is 0 Å². The molecule has 1 saturated heterocycles. The number of carbonyl (C=O) groups is 3. The fourth-order valence-corrected chi connectivity index (χ4v) is 5.84. The van der Waals surface area contributed by atoms with Gasteiger partial charge in [0.1, 0.15) is 40.5 Å². The van der Waals surface area contributed by atoms with E-state index in [2.05, 4.69) is 4.98 Å². The van der Waals surface area contributed by atoms with Gasteiger partial charge in [0, 0.05) is 11.1 Å². The summed E-state index contributed by atoms with van der Waals surface area (Å²) in [7, 11) is 2.94. The molecule has 0 aliphatic carbocycles. The lowest BCUT2D eigenvalue weighted by Gasteiger charge is -2.25. The van der Waals surface area contributed by atoms with Gasteiger partial charge >= 0.3 is 11.9 Å². The van der Waals surface area contributed by atoms with Crippen LogP contribution in [-0.4, -0.2) is 48.6 Å². The minimum absolute atomic E-state index is 0.0891. The van der Waals surface area contributed by atoms with Crippen molar-refractivity contribution in [1.29, 1.82) is 0 Å². The number of nitrogens with zero attached hydrogens (tertiary/aromatic N) is 2. The number of aliphatic hydroxyl groups excluding tert-OH is 1. The third-order valence-corrected chi connectivity index (χ3v) is 8.14. The Balaban J connectivity index is 1.60. The van der Waals surface area contributed by atoms with Gasteiger partial charge in [-0.1, -0.05) is 41.7 Å². The Bertz CT molecular complexity index is 1730. The van der Waals surface area contributed by atoms with E-state index in [1.54, 1.807) is 56.3 Å². The SMILES string of the molecule is CCOC(=O)c1sc(N2C(=O)C(=O)/C(=C(/O)c3ccc(OCc4ccccc4)cc3)C2c2cc(OC)ccc2OC)nc1C. The Labute approximate surface area is 258 Å². The van der Waals surface area contributed by atoms with Crippen LogP contribution in [0.3, 0.4) is 0 Å². The molecule has 1 atom stereocenters. The van der Waals surface area contributed by atoms with Crippen LogP contribution in [0.5, 0.6) is 17.2 Å². The predicted octanol–water partition coefficient (Wildman–Crippen LogP) is 5.85. The first-order chi connectivity index (χ1) is 21.3. The average Bonchev–Trinajstić information content (AvgIpc) is 3.56. The van der Waals surface area contributed by atoms with Crippen molar-refractivity contribution >= 4 is 39.9 Å². The molecule has 1 amide bonds. The zero-order valence-corrected chi connectivity index (χ0v) is 25.3. The van der Waals surface area contributed by atoms with Gasteiger partial charge in [-0.25, -0.2) is 9.78 Å². The van der Waals surface area contributed by atoms with Gasteiger partial charge in [0.25, 0.3) is 5.78 Å². The highest BCUT2D eigenvalue weighted by Crippen LogP contribution is 2.47. The van der Waals surface area contributed by atoms with E-state index in [-0.39, 0.29) is 22.2 Å². The summed E-state index contributed by atoms with van der Waals surface area (Å²) in [6, 6.07) is 20.0. The third kappa shape index (κ3) is 5.86. The first-order valence-corrected chi connectivity index (χ1v) is 14.5. The lowest BCUT2D eigenvalue weighted by molar-refractivity contribution is -0.132. The molecule has 0 spiro atoms. The third-order valence-electron chi connectivity index (χ3n) is 7.00. The fraction of sp³-hybridized carbons (Fsp3) is 0.212. The molecule has 0 bridgehead atoms. The number of rotatable bonds is 10. The highest BCUT2D eigenvalue weighted by atomic mass is 32.1. The molecule has 1 aromatic heterocycles. The average molecular weight is 615 g/mol. The molecule has 5 rings (SSSR count). The Morgan fingerprint density at radius 3 is 2.34 bits per heavy atom. The van der Waals surface area contributed by atoms with Crippen LogP contribution >= 0.6 is 11.3 Å². The number of methoxy groups -OCH3 is 2. The van der Waals surface area contributed by atoms with E-state index in [1.165, 1.54) is 19.1 Å². The number of ketones is 1. The molecule has 1 unspecified atom stereocenters. The van der Waals surface area contributed by atoms with E-state index in [1.807, 2.05) is 30.3 Å². The van der Waals surface area contributed by atoms with Crippen LogP contribution in [0.25, 0.3) is 5.76 Å². The molecular weight excluding hydrogens is 584 g/mol.